The number of alkyl halides is 3. The lowest BCUT2D eigenvalue weighted by Crippen LogP contribution is -2.20. The van der Waals surface area contributed by atoms with E-state index in [0.717, 1.165) is 23.3 Å². The number of ether oxygens (including phenoxy) is 1. The van der Waals surface area contributed by atoms with E-state index in [-0.39, 0.29) is 11.6 Å². The van der Waals surface area contributed by atoms with Crippen molar-refractivity contribution < 1.29 is 26.3 Å². The molecule has 36 heavy (non-hydrogen) atoms. The number of aromatic nitrogens is 2. The number of rotatable bonds is 7. The topological polar surface area (TPSA) is 93.2 Å². The summed E-state index contributed by atoms with van der Waals surface area (Å²) >= 11 is 0. The van der Waals surface area contributed by atoms with Crippen molar-refractivity contribution in [2.75, 3.05) is 16.6 Å². The van der Waals surface area contributed by atoms with Gasteiger partial charge >= 0.3 is 6.18 Å². The van der Waals surface area contributed by atoms with Crippen molar-refractivity contribution >= 4 is 38.4 Å². The highest BCUT2D eigenvalue weighted by atomic mass is 32.2. The fourth-order valence-corrected chi connectivity index (χ4v) is 4.80. The van der Waals surface area contributed by atoms with Crippen molar-refractivity contribution in [1.29, 1.82) is 0 Å². The molecule has 0 saturated heterocycles. The van der Waals surface area contributed by atoms with Crippen molar-refractivity contribution in [3.63, 3.8) is 0 Å². The second kappa shape index (κ2) is 9.65. The van der Waals surface area contributed by atoms with E-state index in [1.54, 1.807) is 36.4 Å². The summed E-state index contributed by atoms with van der Waals surface area (Å²) in [6, 6.07) is 14.4. The highest BCUT2D eigenvalue weighted by Gasteiger charge is 2.37. The maximum absolute atomic E-state index is 13.5. The molecular formula is C25H23F3N4O3S. The third-order valence-corrected chi connectivity index (χ3v) is 6.83. The highest BCUT2D eigenvalue weighted by molar-refractivity contribution is 7.92. The minimum absolute atomic E-state index is 0.00553. The number of aryl methyl sites for hydroxylation is 2. The molecule has 1 aromatic heterocycles. The Balaban J connectivity index is 1.86. The average Bonchev–Trinajstić information content (AvgIpc) is 2.81. The maximum atomic E-state index is 13.5. The fourth-order valence-electron chi connectivity index (χ4n) is 3.57. The van der Waals surface area contributed by atoms with Crippen LogP contribution in [-0.4, -0.2) is 25.0 Å². The zero-order valence-electron chi connectivity index (χ0n) is 19.6. The summed E-state index contributed by atoms with van der Waals surface area (Å²) in [6.45, 7) is 5.96. The predicted octanol–water partition coefficient (Wildman–Crippen LogP) is 6.21. The molecule has 0 aliphatic rings. The number of nitrogens with one attached hydrogen (secondary N) is 2. The third kappa shape index (κ3) is 5.20. The van der Waals surface area contributed by atoms with Crippen LogP contribution in [0.3, 0.4) is 0 Å². The summed E-state index contributed by atoms with van der Waals surface area (Å²) in [7, 11) is -4.69. The molecule has 0 fully saturated rings. The van der Waals surface area contributed by atoms with Crippen molar-refractivity contribution in [2.45, 2.75) is 31.8 Å². The Bertz CT molecular complexity index is 1540. The quantitative estimate of drug-likeness (QED) is 0.303. The van der Waals surface area contributed by atoms with Crippen molar-refractivity contribution in [1.82, 2.24) is 9.97 Å². The summed E-state index contributed by atoms with van der Waals surface area (Å²) in [5, 5.41) is 3.02. The first-order chi connectivity index (χ1) is 17.0. The van der Waals surface area contributed by atoms with Crippen LogP contribution in [0.25, 0.3) is 11.0 Å². The average molecular weight is 517 g/mol. The van der Waals surface area contributed by atoms with Crippen LogP contribution in [-0.2, 0) is 16.2 Å². The van der Waals surface area contributed by atoms with Crippen molar-refractivity contribution in [3.05, 3.63) is 77.4 Å². The van der Waals surface area contributed by atoms with E-state index in [4.69, 9.17) is 4.74 Å². The first-order valence-electron chi connectivity index (χ1n) is 11.0. The van der Waals surface area contributed by atoms with E-state index < -0.39 is 26.7 Å². The molecule has 0 unspecified atom stereocenters. The van der Waals surface area contributed by atoms with Gasteiger partial charge < -0.3 is 10.1 Å². The lowest BCUT2D eigenvalue weighted by atomic mass is 10.1. The number of anilines is 3. The summed E-state index contributed by atoms with van der Waals surface area (Å²) in [4.78, 5) is 8.04. The molecule has 0 atom stereocenters. The van der Waals surface area contributed by atoms with Crippen LogP contribution in [0.1, 0.15) is 23.6 Å². The molecule has 1 heterocycles. The molecule has 0 saturated carbocycles. The summed E-state index contributed by atoms with van der Waals surface area (Å²) in [5.74, 6) is 0.234. The first kappa shape index (κ1) is 25.2. The molecule has 11 heteroatoms. The van der Waals surface area contributed by atoms with Gasteiger partial charge in [-0.25, -0.2) is 18.4 Å². The number of benzene rings is 3. The zero-order valence-corrected chi connectivity index (χ0v) is 20.5. The van der Waals surface area contributed by atoms with Gasteiger partial charge in [-0.1, -0.05) is 24.3 Å². The van der Waals surface area contributed by atoms with Gasteiger partial charge in [0, 0.05) is 0 Å². The van der Waals surface area contributed by atoms with Gasteiger partial charge in [-0.05, 0) is 68.3 Å². The zero-order chi connectivity index (χ0) is 26.1. The fraction of sp³-hybridized carbons (Fsp3) is 0.200. The number of fused-ring (bicyclic) bond motifs is 1. The van der Waals surface area contributed by atoms with Crippen LogP contribution >= 0.6 is 0 Å². The molecule has 0 bridgehead atoms. The van der Waals surface area contributed by atoms with E-state index in [1.807, 2.05) is 20.8 Å². The normalized spacial score (nSPS) is 11.9. The summed E-state index contributed by atoms with van der Waals surface area (Å²) in [6.07, 6.45) is -4.87. The van der Waals surface area contributed by atoms with E-state index in [1.165, 1.54) is 6.07 Å². The number of hydrogen-bond donors (Lipinski definition) is 2. The molecule has 2 N–H and O–H groups in total. The molecule has 0 radical (unpaired) electrons. The van der Waals surface area contributed by atoms with Crippen LogP contribution in [0.4, 0.5) is 30.5 Å². The van der Waals surface area contributed by atoms with Crippen LogP contribution < -0.4 is 14.8 Å². The lowest BCUT2D eigenvalue weighted by molar-refractivity contribution is -0.139. The van der Waals surface area contributed by atoms with Crippen LogP contribution in [0, 0.1) is 13.8 Å². The summed E-state index contributed by atoms with van der Waals surface area (Å²) in [5.41, 5.74) is 1.90. The van der Waals surface area contributed by atoms with Crippen molar-refractivity contribution in [3.8, 4) is 5.75 Å². The van der Waals surface area contributed by atoms with Gasteiger partial charge in [0.2, 0.25) is 0 Å². The minimum atomic E-state index is -4.87. The molecule has 188 valence electrons. The Morgan fingerprint density at radius 2 is 1.47 bits per heavy atom. The standard InChI is InChI=1S/C25H23F3N4O3S/c1-4-35-21-11-7-6-10-18(21)29-23-24(31-20-14-16(3)15(2)13-19(20)30-23)32-36(33,34)22-12-8-5-9-17(22)25(26,27)28/h5-14H,4H2,1-3H3,(H,29,30)(H,31,32). The molecule has 0 spiro atoms. The Morgan fingerprint density at radius 1 is 0.889 bits per heavy atom. The molecule has 0 aliphatic heterocycles. The molecular weight excluding hydrogens is 493 g/mol. The van der Waals surface area contributed by atoms with E-state index in [2.05, 4.69) is 20.0 Å². The SMILES string of the molecule is CCOc1ccccc1Nc1nc2cc(C)c(C)cc2nc1NS(=O)(=O)c1ccccc1C(F)(F)F. The second-order valence-corrected chi connectivity index (χ2v) is 9.65. The van der Waals surface area contributed by atoms with E-state index in [9.17, 15) is 21.6 Å². The number of sulfonamides is 1. The smallest absolute Gasteiger partial charge is 0.417 e. The van der Waals surface area contributed by atoms with E-state index in [0.29, 0.717) is 35.1 Å². The Morgan fingerprint density at radius 3 is 2.11 bits per heavy atom. The largest absolute Gasteiger partial charge is 0.492 e. The number of nitrogens with zero attached hydrogens (tertiary/aromatic N) is 2. The number of para-hydroxylation sites is 2. The van der Waals surface area contributed by atoms with Gasteiger partial charge in [0.15, 0.2) is 11.6 Å². The monoisotopic (exact) mass is 516 g/mol. The van der Waals surface area contributed by atoms with Crippen LogP contribution in [0.15, 0.2) is 65.6 Å². The van der Waals surface area contributed by atoms with Gasteiger partial charge in [-0.3, -0.25) is 4.72 Å². The van der Waals surface area contributed by atoms with Crippen LogP contribution in [0.2, 0.25) is 0 Å². The summed E-state index contributed by atoms with van der Waals surface area (Å²) < 4.78 is 74.8. The maximum Gasteiger partial charge on any atom is 0.417 e. The minimum Gasteiger partial charge on any atom is -0.492 e. The van der Waals surface area contributed by atoms with Crippen molar-refractivity contribution in [2.24, 2.45) is 0 Å². The Kier molecular flexibility index (Phi) is 6.77. The molecule has 0 amide bonds. The Labute approximate surface area is 206 Å². The number of hydrogen-bond acceptors (Lipinski definition) is 6. The Hall–Kier alpha value is -3.86. The van der Waals surface area contributed by atoms with Gasteiger partial charge in [0.1, 0.15) is 5.75 Å². The molecule has 3 aromatic carbocycles. The molecule has 4 rings (SSSR count). The van der Waals surface area contributed by atoms with Crippen LogP contribution in [0.5, 0.6) is 5.75 Å². The second-order valence-electron chi connectivity index (χ2n) is 8.00. The van der Waals surface area contributed by atoms with Gasteiger partial charge in [-0.2, -0.15) is 13.2 Å². The lowest BCUT2D eigenvalue weighted by Gasteiger charge is -2.17. The molecule has 0 aliphatic carbocycles. The van der Waals surface area contributed by atoms with Gasteiger partial charge in [0.25, 0.3) is 10.0 Å². The first-order valence-corrected chi connectivity index (χ1v) is 12.4. The number of halogens is 3. The molecule has 4 aromatic rings. The predicted molar refractivity (Wildman–Crippen MR) is 132 cm³/mol. The van der Waals surface area contributed by atoms with Gasteiger partial charge in [0.05, 0.1) is 33.8 Å². The van der Waals surface area contributed by atoms with E-state index >= 15 is 0 Å². The highest BCUT2D eigenvalue weighted by Crippen LogP contribution is 2.36. The van der Waals surface area contributed by atoms with Gasteiger partial charge in [-0.15, -0.1) is 0 Å². The third-order valence-electron chi connectivity index (χ3n) is 5.43. The molecule has 7 nitrogen and oxygen atoms in total.